The second-order valence-electron chi connectivity index (χ2n) is 7.92. The third kappa shape index (κ3) is 5.29. The minimum Gasteiger partial charge on any atom is -0.497 e. The van der Waals surface area contributed by atoms with Crippen LogP contribution >= 0.6 is 0 Å². The molecular formula is C25H25F2N3O2. The molecule has 32 heavy (non-hydrogen) atoms. The predicted octanol–water partition coefficient (Wildman–Crippen LogP) is 4.43. The summed E-state index contributed by atoms with van der Waals surface area (Å²) >= 11 is 0. The van der Waals surface area contributed by atoms with Crippen molar-refractivity contribution in [1.82, 2.24) is 15.2 Å². The van der Waals surface area contributed by atoms with Gasteiger partial charge in [0, 0.05) is 43.0 Å². The zero-order valence-electron chi connectivity index (χ0n) is 17.9. The number of hydrogen-bond donors (Lipinski definition) is 1. The lowest BCUT2D eigenvalue weighted by molar-refractivity contribution is 0.0908. The molecule has 1 aliphatic heterocycles. The van der Waals surface area contributed by atoms with Crippen LogP contribution in [0, 0.1) is 11.6 Å². The third-order valence-electron chi connectivity index (χ3n) is 5.72. The average molecular weight is 437 g/mol. The van der Waals surface area contributed by atoms with Crippen molar-refractivity contribution >= 4 is 5.91 Å². The van der Waals surface area contributed by atoms with Gasteiger partial charge in [-0.25, -0.2) is 8.78 Å². The largest absolute Gasteiger partial charge is 0.497 e. The van der Waals surface area contributed by atoms with Crippen LogP contribution in [0.3, 0.4) is 0 Å². The normalized spacial score (nSPS) is 14.8. The number of ether oxygens (including phenoxy) is 1. The molecule has 166 valence electrons. The Bertz CT molecular complexity index is 1080. The summed E-state index contributed by atoms with van der Waals surface area (Å²) in [5.74, 6) is -0.108. The van der Waals surface area contributed by atoms with Crippen molar-refractivity contribution in [2.75, 3.05) is 20.2 Å². The first-order chi connectivity index (χ1) is 15.5. The summed E-state index contributed by atoms with van der Waals surface area (Å²) in [5.41, 5.74) is 2.35. The molecule has 0 saturated carbocycles. The molecule has 1 fully saturated rings. The fourth-order valence-corrected chi connectivity index (χ4v) is 3.89. The van der Waals surface area contributed by atoms with Gasteiger partial charge in [-0.05, 0) is 55.3 Å². The van der Waals surface area contributed by atoms with Crippen LogP contribution in [0.25, 0.3) is 11.3 Å². The van der Waals surface area contributed by atoms with Gasteiger partial charge in [-0.15, -0.1) is 0 Å². The van der Waals surface area contributed by atoms with Gasteiger partial charge in [0.25, 0.3) is 5.91 Å². The Balaban J connectivity index is 1.30. The van der Waals surface area contributed by atoms with Crippen LogP contribution in [0.15, 0.2) is 60.8 Å². The lowest BCUT2D eigenvalue weighted by Gasteiger charge is -2.32. The second-order valence-corrected chi connectivity index (χ2v) is 7.92. The second kappa shape index (κ2) is 9.87. The zero-order chi connectivity index (χ0) is 22.5. The van der Waals surface area contributed by atoms with Gasteiger partial charge in [-0.2, -0.15) is 0 Å². The molecule has 1 aliphatic rings. The van der Waals surface area contributed by atoms with E-state index >= 15 is 0 Å². The lowest BCUT2D eigenvalue weighted by atomic mass is 10.0. The highest BCUT2D eigenvalue weighted by molar-refractivity contribution is 5.94. The van der Waals surface area contributed by atoms with Gasteiger partial charge in [0.05, 0.1) is 18.4 Å². The SMILES string of the molecule is COc1ccc(F)c(CN2CCC(NC(=O)c3ccc(-c4cccc(F)c4)nc3)CC2)c1. The quantitative estimate of drug-likeness (QED) is 0.620. The minimum absolute atomic E-state index is 0.0526. The molecular weight excluding hydrogens is 412 g/mol. The van der Waals surface area contributed by atoms with E-state index in [1.807, 2.05) is 0 Å². The fraction of sp³-hybridized carbons (Fsp3) is 0.280. The Morgan fingerprint density at radius 2 is 1.94 bits per heavy atom. The Morgan fingerprint density at radius 3 is 2.62 bits per heavy atom. The van der Waals surface area contributed by atoms with E-state index in [1.54, 1.807) is 43.5 Å². The molecule has 1 amide bonds. The van der Waals surface area contributed by atoms with Gasteiger partial charge in [-0.1, -0.05) is 12.1 Å². The van der Waals surface area contributed by atoms with E-state index in [4.69, 9.17) is 4.74 Å². The number of likely N-dealkylation sites (tertiary alicyclic amines) is 1. The van der Waals surface area contributed by atoms with Crippen LogP contribution in [0.2, 0.25) is 0 Å². The summed E-state index contributed by atoms with van der Waals surface area (Å²) in [5, 5.41) is 3.06. The van der Waals surface area contributed by atoms with Crippen LogP contribution in [0.4, 0.5) is 8.78 Å². The van der Waals surface area contributed by atoms with E-state index in [2.05, 4.69) is 15.2 Å². The summed E-state index contributed by atoms with van der Waals surface area (Å²) in [6, 6.07) is 14.4. The van der Waals surface area contributed by atoms with E-state index < -0.39 is 0 Å². The van der Waals surface area contributed by atoms with Crippen molar-refractivity contribution in [2.45, 2.75) is 25.4 Å². The van der Waals surface area contributed by atoms with Gasteiger partial charge in [0.15, 0.2) is 0 Å². The summed E-state index contributed by atoms with van der Waals surface area (Å²) in [7, 11) is 1.57. The Hall–Kier alpha value is -3.32. The van der Waals surface area contributed by atoms with Crippen molar-refractivity contribution in [3.05, 3.63) is 83.6 Å². The molecule has 0 atom stereocenters. The highest BCUT2D eigenvalue weighted by Crippen LogP contribution is 2.21. The molecule has 1 N–H and O–H groups in total. The third-order valence-corrected chi connectivity index (χ3v) is 5.72. The molecule has 0 radical (unpaired) electrons. The summed E-state index contributed by atoms with van der Waals surface area (Å²) in [6.07, 6.45) is 3.08. The van der Waals surface area contributed by atoms with Crippen LogP contribution in [-0.4, -0.2) is 42.0 Å². The predicted molar refractivity (Wildman–Crippen MR) is 118 cm³/mol. The molecule has 2 aromatic carbocycles. The first-order valence-electron chi connectivity index (χ1n) is 10.6. The number of carbonyl (C=O) groups excluding carboxylic acids is 1. The maximum absolute atomic E-state index is 14.1. The zero-order valence-corrected chi connectivity index (χ0v) is 17.9. The van der Waals surface area contributed by atoms with E-state index in [0.717, 1.165) is 25.9 Å². The summed E-state index contributed by atoms with van der Waals surface area (Å²) < 4.78 is 32.7. The average Bonchev–Trinajstić information content (AvgIpc) is 2.82. The number of piperidine rings is 1. The number of rotatable bonds is 6. The monoisotopic (exact) mass is 437 g/mol. The Morgan fingerprint density at radius 1 is 1.12 bits per heavy atom. The summed E-state index contributed by atoms with van der Waals surface area (Å²) in [4.78, 5) is 19.1. The number of benzene rings is 2. The number of nitrogens with one attached hydrogen (secondary N) is 1. The van der Waals surface area contributed by atoms with Crippen molar-refractivity contribution in [3.63, 3.8) is 0 Å². The van der Waals surface area contributed by atoms with Gasteiger partial charge in [-0.3, -0.25) is 14.7 Å². The standard InChI is InChI=1S/C25H25F2N3O2/c1-32-22-6-7-23(27)19(14-22)16-30-11-9-21(10-12-30)29-25(31)18-5-8-24(28-15-18)17-3-2-4-20(26)13-17/h2-8,13-15,21H,9-12,16H2,1H3,(H,29,31). The fourth-order valence-electron chi connectivity index (χ4n) is 3.89. The number of hydrogen-bond acceptors (Lipinski definition) is 4. The number of amides is 1. The Labute approximate surface area is 186 Å². The van der Waals surface area contributed by atoms with Gasteiger partial charge >= 0.3 is 0 Å². The van der Waals surface area contributed by atoms with Gasteiger partial charge in [0.2, 0.25) is 0 Å². The van der Waals surface area contributed by atoms with Crippen LogP contribution in [-0.2, 0) is 6.54 Å². The molecule has 5 nitrogen and oxygen atoms in total. The lowest BCUT2D eigenvalue weighted by Crippen LogP contribution is -2.44. The molecule has 0 spiro atoms. The molecule has 3 aromatic rings. The topological polar surface area (TPSA) is 54.5 Å². The van der Waals surface area contributed by atoms with Gasteiger partial charge in [0.1, 0.15) is 17.4 Å². The molecule has 1 aromatic heterocycles. The van der Waals surface area contributed by atoms with E-state index in [1.165, 1.54) is 24.4 Å². The molecule has 1 saturated heterocycles. The summed E-state index contributed by atoms with van der Waals surface area (Å²) in [6.45, 7) is 2.03. The van der Waals surface area contributed by atoms with Crippen molar-refractivity contribution < 1.29 is 18.3 Å². The van der Waals surface area contributed by atoms with E-state index in [9.17, 15) is 13.6 Å². The van der Waals surface area contributed by atoms with Gasteiger partial charge < -0.3 is 10.1 Å². The molecule has 0 unspecified atom stereocenters. The van der Waals surface area contributed by atoms with E-state index in [-0.39, 0.29) is 23.6 Å². The van der Waals surface area contributed by atoms with Crippen LogP contribution in [0.1, 0.15) is 28.8 Å². The first-order valence-corrected chi connectivity index (χ1v) is 10.6. The smallest absolute Gasteiger partial charge is 0.253 e. The molecule has 0 aliphatic carbocycles. The number of nitrogens with zero attached hydrogens (tertiary/aromatic N) is 2. The minimum atomic E-state index is -0.327. The Kier molecular flexibility index (Phi) is 6.75. The van der Waals surface area contributed by atoms with Crippen molar-refractivity contribution in [3.8, 4) is 17.0 Å². The maximum Gasteiger partial charge on any atom is 0.253 e. The highest BCUT2D eigenvalue weighted by atomic mass is 19.1. The number of carbonyl (C=O) groups is 1. The molecule has 4 rings (SSSR count). The van der Waals surface area contributed by atoms with Crippen molar-refractivity contribution in [2.24, 2.45) is 0 Å². The molecule has 0 bridgehead atoms. The van der Waals surface area contributed by atoms with Crippen LogP contribution in [0.5, 0.6) is 5.75 Å². The number of pyridine rings is 1. The number of methoxy groups -OCH3 is 1. The van der Waals surface area contributed by atoms with Crippen LogP contribution < -0.4 is 10.1 Å². The van der Waals surface area contributed by atoms with E-state index in [0.29, 0.717) is 34.7 Å². The highest BCUT2D eigenvalue weighted by Gasteiger charge is 2.22. The molecule has 2 heterocycles. The van der Waals surface area contributed by atoms with Crippen molar-refractivity contribution in [1.29, 1.82) is 0 Å². The number of halogens is 2. The maximum atomic E-state index is 14.1. The number of aromatic nitrogens is 1. The molecule has 7 heteroatoms. The first kappa shape index (κ1) is 21.9.